The maximum Gasteiger partial charge on any atom is 0.410 e. The van der Waals surface area contributed by atoms with Crippen molar-refractivity contribution in [2.24, 2.45) is 0 Å². The maximum atomic E-state index is 13.1. The highest BCUT2D eigenvalue weighted by atomic mass is 16.6. The summed E-state index contributed by atoms with van der Waals surface area (Å²) in [5.41, 5.74) is 0.781. The topological polar surface area (TPSA) is 97.0 Å². The first kappa shape index (κ1) is 29.0. The molecule has 0 heterocycles. The molecule has 0 atom stereocenters. The van der Waals surface area contributed by atoms with Crippen molar-refractivity contribution < 1.29 is 23.9 Å². The fraction of sp³-hybridized carbons (Fsp3) is 0.500. The molecule has 0 saturated heterocycles. The molecule has 0 bridgehead atoms. The van der Waals surface area contributed by atoms with Crippen LogP contribution >= 0.6 is 0 Å². The van der Waals surface area contributed by atoms with Crippen LogP contribution in [0.3, 0.4) is 0 Å². The van der Waals surface area contributed by atoms with Crippen LogP contribution in [0.4, 0.5) is 4.79 Å². The number of amides is 3. The number of benzene rings is 2. The van der Waals surface area contributed by atoms with Crippen molar-refractivity contribution in [2.75, 3.05) is 26.7 Å². The second-order valence-electron chi connectivity index (χ2n) is 10.9. The first-order valence-corrected chi connectivity index (χ1v) is 13.3. The maximum absolute atomic E-state index is 13.1. The van der Waals surface area contributed by atoms with Crippen LogP contribution in [0.2, 0.25) is 0 Å². The molecule has 1 aliphatic rings. The summed E-state index contributed by atoms with van der Waals surface area (Å²) >= 11 is 0. The van der Waals surface area contributed by atoms with Crippen molar-refractivity contribution in [2.45, 2.75) is 70.4 Å². The third kappa shape index (κ3) is 7.73. The van der Waals surface area contributed by atoms with Crippen LogP contribution in [0.5, 0.6) is 5.75 Å². The minimum Gasteiger partial charge on any atom is -0.496 e. The van der Waals surface area contributed by atoms with Crippen LogP contribution in [-0.4, -0.2) is 61.2 Å². The lowest BCUT2D eigenvalue weighted by molar-refractivity contribution is -0.119. The number of ether oxygens (including phenoxy) is 2. The van der Waals surface area contributed by atoms with E-state index in [1.807, 2.05) is 51.1 Å². The van der Waals surface area contributed by atoms with Crippen molar-refractivity contribution in [1.29, 1.82) is 0 Å². The van der Waals surface area contributed by atoms with Crippen molar-refractivity contribution in [3.63, 3.8) is 0 Å². The van der Waals surface area contributed by atoms with E-state index in [2.05, 4.69) is 22.8 Å². The number of rotatable bonds is 9. The number of nitrogens with zero attached hydrogens (tertiary/aromatic N) is 1. The lowest BCUT2D eigenvalue weighted by atomic mass is 9.68. The lowest BCUT2D eigenvalue weighted by Crippen LogP contribution is -2.51. The number of carbonyl (C=O) groups is 3. The Balaban J connectivity index is 1.77. The number of nitrogens with one attached hydrogen (secondary N) is 2. The molecule has 2 aromatic carbocycles. The summed E-state index contributed by atoms with van der Waals surface area (Å²) in [6.07, 6.45) is 2.70. The number of hydrogen-bond donors (Lipinski definition) is 2. The molecule has 3 rings (SSSR count). The van der Waals surface area contributed by atoms with E-state index in [0.29, 0.717) is 30.9 Å². The van der Waals surface area contributed by atoms with Gasteiger partial charge in [-0.3, -0.25) is 9.59 Å². The van der Waals surface area contributed by atoms with E-state index in [9.17, 15) is 14.4 Å². The Kier molecular flexibility index (Phi) is 9.78. The Morgan fingerprint density at radius 2 is 1.61 bits per heavy atom. The molecule has 0 spiro atoms. The monoisotopic (exact) mass is 523 g/mol. The van der Waals surface area contributed by atoms with Gasteiger partial charge in [0.2, 0.25) is 5.91 Å². The summed E-state index contributed by atoms with van der Waals surface area (Å²) in [5.74, 6) is 0.229. The summed E-state index contributed by atoms with van der Waals surface area (Å²) in [4.78, 5) is 39.4. The summed E-state index contributed by atoms with van der Waals surface area (Å²) in [5, 5.41) is 5.94. The van der Waals surface area contributed by atoms with Gasteiger partial charge in [0.25, 0.3) is 5.91 Å². The molecule has 2 aromatic rings. The highest BCUT2D eigenvalue weighted by molar-refractivity contribution is 5.97. The van der Waals surface area contributed by atoms with Gasteiger partial charge in [-0.15, -0.1) is 0 Å². The number of carbonyl (C=O) groups excluding carboxylic acids is 3. The molecule has 1 fully saturated rings. The molecule has 0 radical (unpaired) electrons. The number of methoxy groups -OCH3 is 1. The summed E-state index contributed by atoms with van der Waals surface area (Å²) in [6.45, 7) is 8.23. The largest absolute Gasteiger partial charge is 0.496 e. The van der Waals surface area contributed by atoms with Gasteiger partial charge < -0.3 is 25.0 Å². The fourth-order valence-electron chi connectivity index (χ4n) is 5.10. The third-order valence-electron chi connectivity index (χ3n) is 7.03. The molecule has 0 aromatic heterocycles. The third-order valence-corrected chi connectivity index (χ3v) is 7.03. The molecule has 38 heavy (non-hydrogen) atoms. The van der Waals surface area contributed by atoms with E-state index in [1.54, 1.807) is 24.1 Å². The van der Waals surface area contributed by atoms with Gasteiger partial charge in [-0.2, -0.15) is 0 Å². The average Bonchev–Trinajstić information content (AvgIpc) is 2.89. The summed E-state index contributed by atoms with van der Waals surface area (Å²) in [7, 11) is 1.56. The molecule has 2 N–H and O–H groups in total. The summed E-state index contributed by atoms with van der Waals surface area (Å²) < 4.78 is 11.1. The first-order chi connectivity index (χ1) is 18.0. The van der Waals surface area contributed by atoms with Crippen LogP contribution < -0.4 is 15.4 Å². The number of para-hydroxylation sites is 1. The Hall–Kier alpha value is -3.55. The molecule has 0 unspecified atom stereocenters. The van der Waals surface area contributed by atoms with Crippen LogP contribution in [0.15, 0.2) is 54.6 Å². The van der Waals surface area contributed by atoms with E-state index in [1.165, 1.54) is 12.5 Å². The first-order valence-electron chi connectivity index (χ1n) is 13.3. The molecule has 0 aliphatic heterocycles. The second-order valence-corrected chi connectivity index (χ2v) is 10.9. The molecular weight excluding hydrogens is 482 g/mol. The predicted octanol–water partition coefficient (Wildman–Crippen LogP) is 4.68. The van der Waals surface area contributed by atoms with E-state index in [-0.39, 0.29) is 29.4 Å². The predicted molar refractivity (Wildman–Crippen MR) is 147 cm³/mol. The van der Waals surface area contributed by atoms with E-state index in [0.717, 1.165) is 25.7 Å². The molecular formula is C30H41N3O5. The Bertz CT molecular complexity index is 1090. The van der Waals surface area contributed by atoms with Crippen molar-refractivity contribution in [3.05, 3.63) is 65.7 Å². The van der Waals surface area contributed by atoms with Gasteiger partial charge >= 0.3 is 6.09 Å². The molecule has 8 nitrogen and oxygen atoms in total. The highest BCUT2D eigenvalue weighted by Gasteiger charge is 2.40. The molecule has 206 valence electrons. The van der Waals surface area contributed by atoms with Crippen molar-refractivity contribution in [1.82, 2.24) is 15.5 Å². The van der Waals surface area contributed by atoms with Crippen LogP contribution in [-0.2, 0) is 14.9 Å². The van der Waals surface area contributed by atoms with E-state index >= 15 is 0 Å². The quantitative estimate of drug-likeness (QED) is 0.498. The zero-order valence-corrected chi connectivity index (χ0v) is 23.2. The Morgan fingerprint density at radius 3 is 2.21 bits per heavy atom. The van der Waals surface area contributed by atoms with E-state index < -0.39 is 5.60 Å². The zero-order chi connectivity index (χ0) is 27.8. The normalized spacial score (nSPS) is 19.2. The van der Waals surface area contributed by atoms with Gasteiger partial charge in [0.15, 0.2) is 0 Å². The van der Waals surface area contributed by atoms with Crippen molar-refractivity contribution in [3.8, 4) is 5.75 Å². The van der Waals surface area contributed by atoms with Gasteiger partial charge in [0.05, 0.1) is 12.7 Å². The minimum atomic E-state index is -0.616. The highest BCUT2D eigenvalue weighted by Crippen LogP contribution is 2.41. The SMILES string of the molecule is COc1ccccc1C(=O)NC[C@]1(c2ccccc2)CC[C@H](N(CCNC(C)=O)C(=O)OC(C)(C)C)CC1. The van der Waals surface area contributed by atoms with Crippen LogP contribution in [0.1, 0.15) is 69.3 Å². The van der Waals surface area contributed by atoms with Crippen LogP contribution in [0, 0.1) is 0 Å². The molecule has 1 saturated carbocycles. The Labute approximate surface area is 226 Å². The van der Waals surface area contributed by atoms with Gasteiger partial charge in [0, 0.05) is 38.0 Å². The molecule has 1 aliphatic carbocycles. The fourth-order valence-corrected chi connectivity index (χ4v) is 5.10. The summed E-state index contributed by atoms with van der Waals surface area (Å²) in [6, 6.07) is 17.4. The standard InChI is InChI=1S/C30H41N3O5/c1-22(34)31-19-20-33(28(36)38-29(2,3)4)24-15-17-30(18-16-24,23-11-7-6-8-12-23)21-32-27(35)25-13-9-10-14-26(25)37-5/h6-14,24H,15-21H2,1-5H3,(H,31,34)(H,32,35)/t24-,30-. The molecule has 3 amide bonds. The second kappa shape index (κ2) is 12.8. The smallest absolute Gasteiger partial charge is 0.410 e. The minimum absolute atomic E-state index is 0.0274. The Morgan fingerprint density at radius 1 is 0.974 bits per heavy atom. The van der Waals surface area contributed by atoms with Gasteiger partial charge in [-0.1, -0.05) is 42.5 Å². The van der Waals surface area contributed by atoms with Crippen molar-refractivity contribution >= 4 is 17.9 Å². The van der Waals surface area contributed by atoms with Gasteiger partial charge in [0.1, 0.15) is 11.4 Å². The van der Waals surface area contributed by atoms with Crippen LogP contribution in [0.25, 0.3) is 0 Å². The molecule has 8 heteroatoms. The lowest BCUT2D eigenvalue weighted by Gasteiger charge is -2.44. The van der Waals surface area contributed by atoms with Gasteiger partial charge in [-0.05, 0) is 64.2 Å². The van der Waals surface area contributed by atoms with E-state index in [4.69, 9.17) is 9.47 Å². The van der Waals surface area contributed by atoms with Gasteiger partial charge in [-0.25, -0.2) is 4.79 Å². The zero-order valence-electron chi connectivity index (χ0n) is 23.2. The number of hydrogen-bond acceptors (Lipinski definition) is 5. The average molecular weight is 524 g/mol.